The number of aromatic nitrogens is 2. The van der Waals surface area contributed by atoms with Crippen LogP contribution < -0.4 is 10.1 Å². The number of carbonyl (C=O) groups is 1. The van der Waals surface area contributed by atoms with E-state index in [4.69, 9.17) is 4.74 Å². The maximum Gasteiger partial charge on any atom is 0.251 e. The summed E-state index contributed by atoms with van der Waals surface area (Å²) < 4.78 is 20.6. The van der Waals surface area contributed by atoms with Gasteiger partial charge >= 0.3 is 0 Å². The lowest BCUT2D eigenvalue weighted by Gasteiger charge is -2.19. The number of amides is 1. The summed E-state index contributed by atoms with van der Waals surface area (Å²) in [5, 5.41) is 9.43. The number of carbonyl (C=O) groups excluding carboxylic acids is 1. The second-order valence-corrected chi connectivity index (χ2v) is 6.94. The molecule has 26 heavy (non-hydrogen) atoms. The lowest BCUT2D eigenvalue weighted by molar-refractivity contribution is 0.0948. The normalized spacial score (nSPS) is 12.0. The highest BCUT2D eigenvalue weighted by molar-refractivity contribution is 7.10. The second kappa shape index (κ2) is 7.70. The van der Waals surface area contributed by atoms with Gasteiger partial charge in [0.05, 0.1) is 12.8 Å². The first-order valence-corrected chi connectivity index (χ1v) is 9.05. The molecular weight excluding hydrogens is 353 g/mol. The van der Waals surface area contributed by atoms with Gasteiger partial charge in [-0.15, -0.1) is 11.3 Å². The molecule has 0 aliphatic heterocycles. The molecule has 0 saturated carbocycles. The number of nitrogens with one attached hydrogen (secondary N) is 1. The summed E-state index contributed by atoms with van der Waals surface area (Å²) >= 11 is 1.61. The number of nitrogens with zero attached hydrogens (tertiary/aromatic N) is 2. The molecule has 5 nitrogen and oxygen atoms in total. The number of rotatable bonds is 6. The van der Waals surface area contributed by atoms with Gasteiger partial charge in [-0.2, -0.15) is 5.10 Å². The number of methoxy groups -OCH3 is 1. The Balaban J connectivity index is 1.79. The summed E-state index contributed by atoms with van der Waals surface area (Å²) in [5.41, 5.74) is 2.19. The Hall–Kier alpha value is -2.67. The highest BCUT2D eigenvalue weighted by atomic mass is 32.1. The molecule has 1 amide bonds. The van der Waals surface area contributed by atoms with Gasteiger partial charge in [0.25, 0.3) is 5.91 Å². The van der Waals surface area contributed by atoms with Gasteiger partial charge in [-0.3, -0.25) is 9.48 Å². The molecule has 136 valence electrons. The van der Waals surface area contributed by atoms with Crippen LogP contribution in [0.4, 0.5) is 4.39 Å². The molecule has 0 radical (unpaired) electrons. The van der Waals surface area contributed by atoms with Gasteiger partial charge in [-0.05, 0) is 49.6 Å². The third kappa shape index (κ3) is 3.77. The SMILES string of the molecule is COc1ccc(C(=O)NC[C@H](c2cccs2)n2nc(C)cc2C)cc1F. The third-order valence-corrected chi connectivity index (χ3v) is 5.05. The van der Waals surface area contributed by atoms with E-state index in [0.29, 0.717) is 6.54 Å². The Labute approximate surface area is 155 Å². The van der Waals surface area contributed by atoms with E-state index in [0.717, 1.165) is 16.3 Å². The van der Waals surface area contributed by atoms with Crippen LogP contribution in [0, 0.1) is 19.7 Å². The number of thiophene rings is 1. The third-order valence-electron chi connectivity index (χ3n) is 4.08. The fourth-order valence-electron chi connectivity index (χ4n) is 2.85. The molecular formula is C19H20FN3O2S. The summed E-state index contributed by atoms with van der Waals surface area (Å²) in [4.78, 5) is 13.5. The van der Waals surface area contributed by atoms with Crippen molar-refractivity contribution < 1.29 is 13.9 Å². The van der Waals surface area contributed by atoms with Crippen LogP contribution in [0.15, 0.2) is 41.8 Å². The van der Waals surface area contributed by atoms with Crippen molar-refractivity contribution in [1.29, 1.82) is 0 Å². The molecule has 0 unspecified atom stereocenters. The van der Waals surface area contributed by atoms with Crippen molar-refractivity contribution in [3.8, 4) is 5.75 Å². The molecule has 2 heterocycles. The van der Waals surface area contributed by atoms with Crippen molar-refractivity contribution in [3.63, 3.8) is 0 Å². The van der Waals surface area contributed by atoms with Crippen LogP contribution in [0.5, 0.6) is 5.75 Å². The number of hydrogen-bond donors (Lipinski definition) is 1. The lowest BCUT2D eigenvalue weighted by atomic mass is 10.1. The number of halogens is 1. The smallest absolute Gasteiger partial charge is 0.251 e. The summed E-state index contributed by atoms with van der Waals surface area (Å²) in [6.45, 7) is 4.28. The van der Waals surface area contributed by atoms with E-state index in [1.54, 1.807) is 17.4 Å². The molecule has 1 N–H and O–H groups in total. The second-order valence-electron chi connectivity index (χ2n) is 5.96. The molecule has 0 spiro atoms. The average Bonchev–Trinajstić information content (AvgIpc) is 3.25. The van der Waals surface area contributed by atoms with E-state index in [-0.39, 0.29) is 23.3 Å². The Morgan fingerprint density at radius 3 is 2.73 bits per heavy atom. The fraction of sp³-hybridized carbons (Fsp3) is 0.263. The predicted octanol–water partition coefficient (Wildman–Crippen LogP) is 3.73. The molecule has 1 aromatic carbocycles. The van der Waals surface area contributed by atoms with Crippen LogP contribution in [0.3, 0.4) is 0 Å². The van der Waals surface area contributed by atoms with Gasteiger partial charge in [0, 0.05) is 22.7 Å². The minimum Gasteiger partial charge on any atom is -0.494 e. The molecule has 0 aliphatic carbocycles. The Kier molecular flexibility index (Phi) is 5.37. The largest absolute Gasteiger partial charge is 0.494 e. The van der Waals surface area contributed by atoms with Crippen LogP contribution in [-0.2, 0) is 0 Å². The fourth-order valence-corrected chi connectivity index (χ4v) is 3.66. The van der Waals surface area contributed by atoms with E-state index < -0.39 is 5.82 Å². The molecule has 3 aromatic rings. The van der Waals surface area contributed by atoms with Gasteiger partial charge in [0.2, 0.25) is 0 Å². The zero-order valence-corrected chi connectivity index (χ0v) is 15.6. The highest BCUT2D eigenvalue weighted by Gasteiger charge is 2.20. The van der Waals surface area contributed by atoms with Crippen LogP contribution >= 0.6 is 11.3 Å². The van der Waals surface area contributed by atoms with Crippen molar-refractivity contribution in [2.75, 3.05) is 13.7 Å². The topological polar surface area (TPSA) is 56.1 Å². The maximum atomic E-state index is 13.8. The average molecular weight is 373 g/mol. The van der Waals surface area contributed by atoms with Crippen LogP contribution in [0.2, 0.25) is 0 Å². The van der Waals surface area contributed by atoms with Crippen LogP contribution in [0.1, 0.15) is 32.7 Å². The first-order valence-electron chi connectivity index (χ1n) is 8.17. The molecule has 2 aromatic heterocycles. The summed E-state index contributed by atoms with van der Waals surface area (Å²) in [6, 6.07) is 10.0. The molecule has 0 fully saturated rings. The summed E-state index contributed by atoms with van der Waals surface area (Å²) in [6.07, 6.45) is 0. The highest BCUT2D eigenvalue weighted by Crippen LogP contribution is 2.24. The maximum absolute atomic E-state index is 13.8. The van der Waals surface area contributed by atoms with Crippen LogP contribution in [-0.4, -0.2) is 29.3 Å². The van der Waals surface area contributed by atoms with Crippen molar-refractivity contribution in [3.05, 3.63) is 69.4 Å². The quantitative estimate of drug-likeness (QED) is 0.716. The molecule has 0 aliphatic rings. The van der Waals surface area contributed by atoms with Gasteiger partial charge < -0.3 is 10.1 Å². The van der Waals surface area contributed by atoms with E-state index in [1.165, 1.54) is 19.2 Å². The van der Waals surface area contributed by atoms with Gasteiger partial charge in [0.1, 0.15) is 6.04 Å². The van der Waals surface area contributed by atoms with E-state index in [9.17, 15) is 9.18 Å². The molecule has 0 bridgehead atoms. The summed E-state index contributed by atoms with van der Waals surface area (Å²) in [7, 11) is 1.39. The minimum absolute atomic E-state index is 0.112. The monoisotopic (exact) mass is 373 g/mol. The zero-order valence-electron chi connectivity index (χ0n) is 14.8. The number of aryl methyl sites for hydroxylation is 2. The molecule has 7 heteroatoms. The number of ether oxygens (including phenoxy) is 1. The van der Waals surface area contributed by atoms with Gasteiger partial charge in [-0.25, -0.2) is 4.39 Å². The van der Waals surface area contributed by atoms with Crippen LogP contribution in [0.25, 0.3) is 0 Å². The number of hydrogen-bond acceptors (Lipinski definition) is 4. The molecule has 3 rings (SSSR count). The first-order chi connectivity index (χ1) is 12.5. The zero-order chi connectivity index (χ0) is 18.7. The van der Waals surface area contributed by atoms with E-state index >= 15 is 0 Å². The van der Waals surface area contributed by atoms with Crippen molar-refractivity contribution >= 4 is 17.2 Å². The number of benzene rings is 1. The first kappa shape index (κ1) is 18.1. The lowest BCUT2D eigenvalue weighted by Crippen LogP contribution is -2.32. The summed E-state index contributed by atoms with van der Waals surface area (Å²) in [5.74, 6) is -0.788. The van der Waals surface area contributed by atoms with Gasteiger partial charge in [0.15, 0.2) is 11.6 Å². The predicted molar refractivity (Wildman–Crippen MR) is 99.4 cm³/mol. The Bertz CT molecular complexity index is 906. The van der Waals surface area contributed by atoms with E-state index in [2.05, 4.69) is 10.4 Å². The van der Waals surface area contributed by atoms with Gasteiger partial charge in [-0.1, -0.05) is 6.07 Å². The minimum atomic E-state index is -0.562. The molecule has 1 atom stereocenters. The van der Waals surface area contributed by atoms with Crippen molar-refractivity contribution in [1.82, 2.24) is 15.1 Å². The Morgan fingerprint density at radius 1 is 1.35 bits per heavy atom. The Morgan fingerprint density at radius 2 is 2.15 bits per heavy atom. The van der Waals surface area contributed by atoms with Crippen molar-refractivity contribution in [2.45, 2.75) is 19.9 Å². The van der Waals surface area contributed by atoms with Crippen molar-refractivity contribution in [2.24, 2.45) is 0 Å². The van der Waals surface area contributed by atoms with E-state index in [1.807, 2.05) is 42.1 Å². The molecule has 0 saturated heterocycles. The standard InChI is InChI=1S/C19H20FN3O2S/c1-12-9-13(2)23(22-12)16(18-5-4-8-26-18)11-21-19(24)14-6-7-17(25-3)15(20)10-14/h4-10,16H,11H2,1-3H3,(H,21,24)/t16-/m1/s1.